The van der Waals surface area contributed by atoms with Gasteiger partial charge in [-0.2, -0.15) is 0 Å². The number of aryl methyl sites for hydroxylation is 3. The minimum atomic E-state index is 0. The molecule has 3 nitrogen and oxygen atoms in total. The molecule has 0 spiro atoms. The fraction of sp³-hybridized carbons (Fsp3) is 0.562. The lowest BCUT2D eigenvalue weighted by Gasteiger charge is -2.32. The van der Waals surface area contributed by atoms with E-state index in [0.29, 0.717) is 6.04 Å². The van der Waals surface area contributed by atoms with Crippen molar-refractivity contribution in [1.29, 1.82) is 0 Å². The topological polar surface area (TPSA) is 32.3 Å². The van der Waals surface area contributed by atoms with Crippen molar-refractivity contribution in [1.82, 2.24) is 10.2 Å². The minimum absolute atomic E-state index is 0. The van der Waals surface area contributed by atoms with Crippen molar-refractivity contribution >= 4 is 18.3 Å². The molecule has 0 bridgehead atoms. The molecule has 1 fully saturated rings. The van der Waals surface area contributed by atoms with Gasteiger partial charge in [-0.3, -0.25) is 4.79 Å². The fourth-order valence-corrected chi connectivity index (χ4v) is 3.05. The van der Waals surface area contributed by atoms with Crippen LogP contribution in [0.1, 0.15) is 39.9 Å². The van der Waals surface area contributed by atoms with E-state index in [1.165, 1.54) is 5.56 Å². The van der Waals surface area contributed by atoms with Gasteiger partial charge in [0.1, 0.15) is 0 Å². The van der Waals surface area contributed by atoms with Crippen molar-refractivity contribution in [3.05, 3.63) is 34.4 Å². The third kappa shape index (κ3) is 3.53. The number of halogens is 1. The predicted octanol–water partition coefficient (Wildman–Crippen LogP) is 2.86. The number of carbonyl (C=O) groups excluding carboxylic acids is 1. The lowest BCUT2D eigenvalue weighted by Crippen LogP contribution is -2.44. The zero-order chi connectivity index (χ0) is 14.0. The van der Waals surface area contributed by atoms with Gasteiger partial charge in [-0.1, -0.05) is 17.7 Å². The van der Waals surface area contributed by atoms with Crippen LogP contribution in [0.2, 0.25) is 0 Å². The number of piperidine rings is 1. The smallest absolute Gasteiger partial charge is 0.254 e. The van der Waals surface area contributed by atoms with Gasteiger partial charge in [0.15, 0.2) is 0 Å². The molecule has 1 N–H and O–H groups in total. The molecule has 2 rings (SSSR count). The molecule has 1 saturated heterocycles. The van der Waals surface area contributed by atoms with Gasteiger partial charge in [0.05, 0.1) is 0 Å². The summed E-state index contributed by atoms with van der Waals surface area (Å²) in [5.41, 5.74) is 4.31. The highest BCUT2D eigenvalue weighted by Gasteiger charge is 2.24. The number of likely N-dealkylation sites (tertiary alicyclic amines) is 1. The molecule has 1 aromatic rings. The van der Waals surface area contributed by atoms with Crippen LogP contribution in [0.5, 0.6) is 0 Å². The molecular formula is C16H25ClN2O. The van der Waals surface area contributed by atoms with Crippen LogP contribution >= 0.6 is 12.4 Å². The first kappa shape index (κ1) is 17.0. The summed E-state index contributed by atoms with van der Waals surface area (Å²) in [7, 11) is 2.00. The van der Waals surface area contributed by atoms with Gasteiger partial charge in [0.25, 0.3) is 5.91 Å². The maximum Gasteiger partial charge on any atom is 0.254 e. The molecule has 1 aliphatic heterocycles. The molecule has 0 aromatic heterocycles. The van der Waals surface area contributed by atoms with Gasteiger partial charge in [-0.25, -0.2) is 0 Å². The second-order valence-corrected chi connectivity index (χ2v) is 5.63. The molecule has 0 aliphatic carbocycles. The van der Waals surface area contributed by atoms with Gasteiger partial charge in [0.2, 0.25) is 0 Å². The Labute approximate surface area is 128 Å². The standard InChI is InChI=1S/C16H24N2O.ClH/c1-11-9-12(2)15(13(3)10-11)16(19)18-7-5-14(17-4)6-8-18;/h9-10,14,17H,5-8H2,1-4H3;1H. The first-order chi connectivity index (χ1) is 9.02. The largest absolute Gasteiger partial charge is 0.339 e. The van der Waals surface area contributed by atoms with Crippen LogP contribution in [-0.4, -0.2) is 37.0 Å². The van der Waals surface area contributed by atoms with Crippen LogP contribution in [-0.2, 0) is 0 Å². The van der Waals surface area contributed by atoms with Crippen LogP contribution < -0.4 is 5.32 Å². The summed E-state index contributed by atoms with van der Waals surface area (Å²) >= 11 is 0. The Hall–Kier alpha value is -1.06. The summed E-state index contributed by atoms with van der Waals surface area (Å²) < 4.78 is 0. The van der Waals surface area contributed by atoms with Crippen molar-refractivity contribution < 1.29 is 4.79 Å². The van der Waals surface area contributed by atoms with Gasteiger partial charge >= 0.3 is 0 Å². The van der Waals surface area contributed by atoms with E-state index in [4.69, 9.17) is 0 Å². The molecule has 1 aliphatic rings. The second kappa shape index (κ2) is 7.09. The molecule has 0 atom stereocenters. The number of rotatable bonds is 2. The molecule has 0 saturated carbocycles. The van der Waals surface area contributed by atoms with Gasteiger partial charge in [-0.15, -0.1) is 12.4 Å². The highest BCUT2D eigenvalue weighted by atomic mass is 35.5. The van der Waals surface area contributed by atoms with Gasteiger partial charge < -0.3 is 10.2 Å². The van der Waals surface area contributed by atoms with Crippen molar-refractivity contribution in [2.24, 2.45) is 0 Å². The van der Waals surface area contributed by atoms with Gasteiger partial charge in [0, 0.05) is 24.7 Å². The molecular weight excluding hydrogens is 272 g/mol. The van der Waals surface area contributed by atoms with Crippen molar-refractivity contribution in [3.8, 4) is 0 Å². The molecule has 112 valence electrons. The zero-order valence-corrected chi connectivity index (χ0v) is 13.6. The van der Waals surface area contributed by atoms with Crippen molar-refractivity contribution in [3.63, 3.8) is 0 Å². The van der Waals surface area contributed by atoms with Gasteiger partial charge in [-0.05, 0) is 51.8 Å². The number of benzene rings is 1. The van der Waals surface area contributed by atoms with E-state index in [0.717, 1.165) is 42.6 Å². The number of amides is 1. The maximum absolute atomic E-state index is 12.7. The monoisotopic (exact) mass is 296 g/mol. The van der Waals surface area contributed by atoms with Crippen LogP contribution in [0.3, 0.4) is 0 Å². The first-order valence-corrected chi connectivity index (χ1v) is 7.07. The molecule has 1 amide bonds. The third-order valence-electron chi connectivity index (χ3n) is 4.08. The Balaban J connectivity index is 0.00000200. The van der Waals surface area contributed by atoms with E-state index in [-0.39, 0.29) is 18.3 Å². The number of nitrogens with one attached hydrogen (secondary N) is 1. The lowest BCUT2D eigenvalue weighted by atomic mass is 9.97. The summed E-state index contributed by atoms with van der Waals surface area (Å²) in [4.78, 5) is 14.7. The quantitative estimate of drug-likeness (QED) is 0.910. The normalized spacial score (nSPS) is 15.9. The molecule has 20 heavy (non-hydrogen) atoms. The van der Waals surface area contributed by atoms with Crippen LogP contribution in [0.4, 0.5) is 0 Å². The molecule has 1 heterocycles. The van der Waals surface area contributed by atoms with Crippen LogP contribution in [0.25, 0.3) is 0 Å². The third-order valence-corrected chi connectivity index (χ3v) is 4.08. The minimum Gasteiger partial charge on any atom is -0.339 e. The number of carbonyl (C=O) groups is 1. The first-order valence-electron chi connectivity index (χ1n) is 7.07. The molecule has 4 heteroatoms. The van der Waals surface area contributed by atoms with E-state index in [9.17, 15) is 4.79 Å². The van der Waals surface area contributed by atoms with E-state index in [2.05, 4.69) is 24.4 Å². The highest BCUT2D eigenvalue weighted by molar-refractivity contribution is 5.97. The Morgan fingerprint density at radius 2 is 1.65 bits per heavy atom. The molecule has 0 radical (unpaired) electrons. The van der Waals surface area contributed by atoms with E-state index in [1.54, 1.807) is 0 Å². The summed E-state index contributed by atoms with van der Waals surface area (Å²) in [6, 6.07) is 4.76. The average Bonchev–Trinajstić information content (AvgIpc) is 2.37. The highest BCUT2D eigenvalue weighted by Crippen LogP contribution is 2.20. The van der Waals surface area contributed by atoms with Crippen LogP contribution in [0, 0.1) is 20.8 Å². The zero-order valence-electron chi connectivity index (χ0n) is 12.8. The Morgan fingerprint density at radius 3 is 2.10 bits per heavy atom. The number of hydrogen-bond donors (Lipinski definition) is 1. The Bertz CT molecular complexity index is 456. The molecule has 0 unspecified atom stereocenters. The maximum atomic E-state index is 12.7. The van der Waals surface area contributed by atoms with Crippen molar-refractivity contribution in [2.75, 3.05) is 20.1 Å². The van der Waals surface area contributed by atoms with E-state index < -0.39 is 0 Å². The lowest BCUT2D eigenvalue weighted by molar-refractivity contribution is 0.0706. The van der Waals surface area contributed by atoms with E-state index >= 15 is 0 Å². The van der Waals surface area contributed by atoms with Crippen molar-refractivity contribution in [2.45, 2.75) is 39.7 Å². The Kier molecular flexibility index (Phi) is 6.03. The Morgan fingerprint density at radius 1 is 1.15 bits per heavy atom. The summed E-state index contributed by atoms with van der Waals surface area (Å²) in [6.07, 6.45) is 2.10. The second-order valence-electron chi connectivity index (χ2n) is 5.63. The van der Waals surface area contributed by atoms with E-state index in [1.807, 2.05) is 25.8 Å². The molecule has 1 aromatic carbocycles. The number of hydrogen-bond acceptors (Lipinski definition) is 2. The SMILES string of the molecule is CNC1CCN(C(=O)c2c(C)cc(C)cc2C)CC1.Cl. The average molecular weight is 297 g/mol. The summed E-state index contributed by atoms with van der Waals surface area (Å²) in [5.74, 6) is 0.199. The summed E-state index contributed by atoms with van der Waals surface area (Å²) in [6.45, 7) is 7.86. The summed E-state index contributed by atoms with van der Waals surface area (Å²) in [5, 5.41) is 3.30. The van der Waals surface area contributed by atoms with Crippen LogP contribution in [0.15, 0.2) is 12.1 Å². The number of nitrogens with zero attached hydrogens (tertiary/aromatic N) is 1. The fourth-order valence-electron chi connectivity index (χ4n) is 3.05. The predicted molar refractivity (Wildman–Crippen MR) is 85.9 cm³/mol.